The summed E-state index contributed by atoms with van der Waals surface area (Å²) in [7, 11) is 1.40. The molecule has 4 aromatic carbocycles. The van der Waals surface area contributed by atoms with E-state index in [-0.39, 0.29) is 73.3 Å². The van der Waals surface area contributed by atoms with E-state index in [1.807, 2.05) is 0 Å². The van der Waals surface area contributed by atoms with Crippen LogP contribution in [0.4, 0.5) is 0 Å². The molecule has 0 saturated carbocycles. The van der Waals surface area contributed by atoms with Crippen LogP contribution in [0.5, 0.6) is 34.5 Å². The highest BCUT2D eigenvalue weighted by molar-refractivity contribution is 5.95. The van der Waals surface area contributed by atoms with E-state index >= 15 is 0 Å². The van der Waals surface area contributed by atoms with E-state index < -0.39 is 16.6 Å². The number of ether oxygens (including phenoxy) is 1. The zero-order valence-corrected chi connectivity index (χ0v) is 21.2. The van der Waals surface area contributed by atoms with Crippen LogP contribution >= 0.6 is 0 Å². The molecule has 0 atom stereocenters. The maximum absolute atomic E-state index is 13.9. The molecule has 0 fully saturated rings. The monoisotopic (exact) mass is 552 g/mol. The third-order valence-corrected chi connectivity index (χ3v) is 6.66. The van der Waals surface area contributed by atoms with E-state index in [0.29, 0.717) is 11.1 Å². The van der Waals surface area contributed by atoms with Crippen LogP contribution in [0.15, 0.2) is 91.2 Å². The van der Waals surface area contributed by atoms with E-state index in [1.165, 1.54) is 73.8 Å². The van der Waals surface area contributed by atoms with Crippen LogP contribution in [0, 0.1) is 0 Å². The zero-order valence-electron chi connectivity index (χ0n) is 21.2. The van der Waals surface area contributed by atoms with Crippen molar-refractivity contribution in [3.8, 4) is 68.3 Å². The van der Waals surface area contributed by atoms with Crippen molar-refractivity contribution in [3.63, 3.8) is 0 Å². The Hall–Kier alpha value is -5.90. The summed E-state index contributed by atoms with van der Waals surface area (Å²) in [5.41, 5.74) is -0.794. The van der Waals surface area contributed by atoms with Gasteiger partial charge >= 0.3 is 0 Å². The lowest BCUT2D eigenvalue weighted by Crippen LogP contribution is -2.08. The first-order valence-electron chi connectivity index (χ1n) is 12.2. The molecular weight excluding hydrogens is 532 g/mol. The van der Waals surface area contributed by atoms with Crippen molar-refractivity contribution in [2.45, 2.75) is 0 Å². The Morgan fingerprint density at radius 3 is 2.05 bits per heavy atom. The van der Waals surface area contributed by atoms with Gasteiger partial charge < -0.3 is 39.1 Å². The number of hydrogen-bond acceptors (Lipinski definition) is 10. The molecule has 0 unspecified atom stereocenters. The minimum Gasteiger partial charge on any atom is -0.508 e. The van der Waals surface area contributed by atoms with Crippen LogP contribution in [-0.2, 0) is 0 Å². The topological polar surface area (TPSA) is 171 Å². The van der Waals surface area contributed by atoms with Gasteiger partial charge in [-0.2, -0.15) is 0 Å². The summed E-state index contributed by atoms with van der Waals surface area (Å²) in [5.74, 6) is -1.22. The summed E-state index contributed by atoms with van der Waals surface area (Å²) < 4.78 is 17.1. The third-order valence-electron chi connectivity index (χ3n) is 6.66. The first-order chi connectivity index (χ1) is 19.6. The minimum atomic E-state index is -0.714. The molecule has 41 heavy (non-hydrogen) atoms. The molecule has 5 N–H and O–H groups in total. The second kappa shape index (κ2) is 9.38. The molecule has 0 radical (unpaired) electrons. The molecule has 6 aromatic rings. The van der Waals surface area contributed by atoms with Gasteiger partial charge in [-0.15, -0.1) is 0 Å². The van der Waals surface area contributed by atoms with Gasteiger partial charge in [-0.25, -0.2) is 0 Å². The Morgan fingerprint density at radius 2 is 1.32 bits per heavy atom. The summed E-state index contributed by atoms with van der Waals surface area (Å²) in [5, 5.41) is 51.2. The number of aromatic hydroxyl groups is 5. The SMILES string of the molecule is COc1cc(O)c2c(=O)cc(-c3ccc(O)c(-c4c(-c5ccc(O)cc5)oc5cc(O)cc(O)c5c4=O)c3)oc2c1. The highest BCUT2D eigenvalue weighted by Crippen LogP contribution is 2.41. The van der Waals surface area contributed by atoms with Gasteiger partial charge in [-0.05, 0) is 42.5 Å². The van der Waals surface area contributed by atoms with Crippen molar-refractivity contribution in [2.75, 3.05) is 7.11 Å². The first-order valence-corrected chi connectivity index (χ1v) is 12.2. The number of methoxy groups -OCH3 is 1. The molecule has 10 nitrogen and oxygen atoms in total. The largest absolute Gasteiger partial charge is 0.508 e. The maximum Gasteiger partial charge on any atom is 0.205 e. The summed E-state index contributed by atoms with van der Waals surface area (Å²) in [6.45, 7) is 0. The fraction of sp³-hybridized carbons (Fsp3) is 0.0323. The highest BCUT2D eigenvalue weighted by atomic mass is 16.5. The molecular formula is C31H20O10. The lowest BCUT2D eigenvalue weighted by atomic mass is 9.95. The summed E-state index contributed by atoms with van der Waals surface area (Å²) in [6, 6.07) is 16.0. The number of phenols is 5. The van der Waals surface area contributed by atoms with E-state index in [9.17, 15) is 35.1 Å². The van der Waals surface area contributed by atoms with Crippen molar-refractivity contribution in [1.82, 2.24) is 0 Å². The van der Waals surface area contributed by atoms with E-state index in [0.717, 1.165) is 6.07 Å². The van der Waals surface area contributed by atoms with Crippen LogP contribution in [-0.4, -0.2) is 32.6 Å². The van der Waals surface area contributed by atoms with Crippen LogP contribution in [0.3, 0.4) is 0 Å². The summed E-state index contributed by atoms with van der Waals surface area (Å²) in [4.78, 5) is 26.8. The molecule has 0 aliphatic carbocycles. The van der Waals surface area contributed by atoms with E-state index in [2.05, 4.69) is 0 Å². The Kier molecular flexibility index (Phi) is 5.81. The van der Waals surface area contributed by atoms with Crippen molar-refractivity contribution >= 4 is 21.9 Å². The number of rotatable bonds is 4. The average Bonchev–Trinajstić information content (AvgIpc) is 2.93. The second-order valence-electron chi connectivity index (χ2n) is 9.25. The highest BCUT2D eigenvalue weighted by Gasteiger charge is 2.24. The smallest absolute Gasteiger partial charge is 0.205 e. The Bertz CT molecular complexity index is 2120. The van der Waals surface area contributed by atoms with Gasteiger partial charge in [-0.1, -0.05) is 0 Å². The van der Waals surface area contributed by atoms with Gasteiger partial charge in [0, 0.05) is 47.0 Å². The standard InChI is InChI=1S/C31H20O10/c1-39-18-11-22(36)28-23(37)13-24(40-26(28)12-18)15-4-7-20(34)19(8-15)27-30(38)29-21(35)9-17(33)10-25(29)41-31(27)14-2-5-16(32)6-3-14/h2-13,32-36H,1H3. The van der Waals surface area contributed by atoms with Gasteiger partial charge in [0.25, 0.3) is 0 Å². The Morgan fingerprint density at radius 1 is 0.634 bits per heavy atom. The molecule has 2 aromatic heterocycles. The predicted octanol–water partition coefficient (Wildman–Crippen LogP) is 5.44. The van der Waals surface area contributed by atoms with Crippen molar-refractivity contribution in [1.29, 1.82) is 0 Å². The van der Waals surface area contributed by atoms with Gasteiger partial charge in [0.2, 0.25) is 5.43 Å². The molecule has 0 spiro atoms. The quantitative estimate of drug-likeness (QED) is 0.190. The fourth-order valence-corrected chi connectivity index (χ4v) is 4.74. The van der Waals surface area contributed by atoms with Crippen LogP contribution in [0.1, 0.15) is 0 Å². The molecule has 2 heterocycles. The second-order valence-corrected chi connectivity index (χ2v) is 9.25. The molecule has 10 heteroatoms. The zero-order chi connectivity index (χ0) is 29.0. The van der Waals surface area contributed by atoms with Crippen molar-refractivity contribution < 1.29 is 39.1 Å². The summed E-state index contributed by atoms with van der Waals surface area (Å²) >= 11 is 0. The normalized spacial score (nSPS) is 11.2. The lowest BCUT2D eigenvalue weighted by Gasteiger charge is -2.14. The van der Waals surface area contributed by atoms with Gasteiger partial charge in [0.1, 0.15) is 68.0 Å². The maximum atomic E-state index is 13.9. The minimum absolute atomic E-state index is 0.00932. The molecule has 204 valence electrons. The summed E-state index contributed by atoms with van der Waals surface area (Å²) in [6.07, 6.45) is 0. The number of fused-ring (bicyclic) bond motifs is 2. The third kappa shape index (κ3) is 4.23. The molecule has 0 amide bonds. The first kappa shape index (κ1) is 25.4. The molecule has 0 aliphatic heterocycles. The van der Waals surface area contributed by atoms with Gasteiger partial charge in [0.05, 0.1) is 12.7 Å². The van der Waals surface area contributed by atoms with Crippen LogP contribution in [0.25, 0.3) is 55.7 Å². The van der Waals surface area contributed by atoms with Crippen molar-refractivity contribution in [3.05, 3.63) is 93.2 Å². The molecule has 6 rings (SSSR count). The van der Waals surface area contributed by atoms with Crippen LogP contribution < -0.4 is 15.6 Å². The molecule has 0 aliphatic rings. The Labute approximate surface area is 229 Å². The van der Waals surface area contributed by atoms with Crippen LogP contribution in [0.2, 0.25) is 0 Å². The molecule has 0 saturated heterocycles. The van der Waals surface area contributed by atoms with E-state index in [4.69, 9.17) is 13.6 Å². The number of benzene rings is 4. The van der Waals surface area contributed by atoms with Gasteiger partial charge in [0.15, 0.2) is 5.43 Å². The average molecular weight is 552 g/mol. The lowest BCUT2D eigenvalue weighted by molar-refractivity contribution is 0.408. The van der Waals surface area contributed by atoms with E-state index in [1.54, 1.807) is 0 Å². The van der Waals surface area contributed by atoms with Crippen molar-refractivity contribution in [2.24, 2.45) is 0 Å². The van der Waals surface area contributed by atoms with Gasteiger partial charge in [-0.3, -0.25) is 9.59 Å². The number of phenolic OH excluding ortho intramolecular Hbond substituents is 5. The fourth-order valence-electron chi connectivity index (χ4n) is 4.74. The predicted molar refractivity (Wildman–Crippen MR) is 150 cm³/mol. The number of hydrogen-bond donors (Lipinski definition) is 5. The molecule has 0 bridgehead atoms. The Balaban J connectivity index is 1.65.